The monoisotopic (exact) mass is 551 g/mol. The average Bonchev–Trinajstić information content (AvgIpc) is 3.14. The van der Waals surface area contributed by atoms with Crippen molar-refractivity contribution in [2.75, 3.05) is 25.1 Å². The van der Waals surface area contributed by atoms with E-state index >= 15 is 0 Å². The van der Waals surface area contributed by atoms with Crippen LogP contribution >= 0.6 is 0 Å². The number of anilines is 1. The molecule has 3 heterocycles. The van der Waals surface area contributed by atoms with E-state index in [9.17, 15) is 31.1 Å². The molecule has 0 radical (unpaired) electrons. The lowest BCUT2D eigenvalue weighted by Crippen LogP contribution is -2.56. The Balaban J connectivity index is 1.50. The van der Waals surface area contributed by atoms with Crippen LogP contribution in [0.15, 0.2) is 54.6 Å². The maximum atomic E-state index is 14.1. The Morgan fingerprint density at radius 3 is 2.46 bits per heavy atom. The number of benzene rings is 2. The first-order valence-electron chi connectivity index (χ1n) is 12.0. The number of cyclic esters (lactones) is 1. The number of nitrogens with zero attached hydrogens (tertiary/aromatic N) is 3. The van der Waals surface area contributed by atoms with Gasteiger partial charge in [-0.2, -0.15) is 13.2 Å². The van der Waals surface area contributed by atoms with Gasteiger partial charge < -0.3 is 14.4 Å². The lowest BCUT2D eigenvalue weighted by atomic mass is 9.99. The molecule has 0 N–H and O–H groups in total. The van der Waals surface area contributed by atoms with E-state index in [1.165, 1.54) is 16.9 Å². The van der Waals surface area contributed by atoms with Gasteiger partial charge in [0.2, 0.25) is 0 Å². The predicted molar refractivity (Wildman–Crippen MR) is 129 cm³/mol. The van der Waals surface area contributed by atoms with E-state index in [4.69, 9.17) is 9.47 Å². The predicted octanol–water partition coefficient (Wildman–Crippen LogP) is 6.45. The maximum Gasteiger partial charge on any atom is 0.416 e. The molecule has 2 fully saturated rings. The molecular weight excluding hydrogens is 528 g/mol. The molecular formula is C27H23F6N3O3. The molecule has 0 saturated carbocycles. The van der Waals surface area contributed by atoms with Gasteiger partial charge in [-0.3, -0.25) is 4.90 Å². The number of amides is 1. The first-order chi connectivity index (χ1) is 18.4. The largest absolute Gasteiger partial charge is 0.496 e. The Morgan fingerprint density at radius 1 is 1.08 bits per heavy atom. The Labute approximate surface area is 219 Å². The molecule has 6 nitrogen and oxygen atoms in total. The number of aromatic nitrogens is 1. The maximum absolute atomic E-state index is 14.1. The van der Waals surface area contributed by atoms with E-state index in [0.29, 0.717) is 28.6 Å². The molecule has 1 unspecified atom stereocenters. The molecule has 39 heavy (non-hydrogen) atoms. The van der Waals surface area contributed by atoms with Crippen molar-refractivity contribution in [2.45, 2.75) is 37.7 Å². The molecule has 2 saturated heterocycles. The molecule has 0 spiro atoms. The number of hydrogen-bond donors (Lipinski definition) is 0. The second-order valence-electron chi connectivity index (χ2n) is 9.52. The molecule has 1 aromatic heterocycles. The number of halogens is 6. The zero-order valence-electron chi connectivity index (χ0n) is 20.8. The summed E-state index contributed by atoms with van der Waals surface area (Å²) >= 11 is 0. The minimum atomic E-state index is -4.79. The number of para-hydroxylation sites is 1. The molecule has 2 aromatic carbocycles. The summed E-state index contributed by atoms with van der Waals surface area (Å²) in [5.74, 6) is -3.14. The molecule has 2 atom stereocenters. The molecule has 12 heteroatoms. The van der Waals surface area contributed by atoms with E-state index in [0.717, 1.165) is 12.1 Å². The highest BCUT2D eigenvalue weighted by atomic mass is 19.4. The molecule has 2 aliphatic rings. The van der Waals surface area contributed by atoms with Crippen molar-refractivity contribution < 1.29 is 40.6 Å². The minimum Gasteiger partial charge on any atom is -0.496 e. The smallest absolute Gasteiger partial charge is 0.416 e. The van der Waals surface area contributed by atoms with E-state index in [-0.39, 0.29) is 17.9 Å². The van der Waals surface area contributed by atoms with Crippen molar-refractivity contribution in [1.82, 2.24) is 9.88 Å². The van der Waals surface area contributed by atoms with Crippen LogP contribution < -0.4 is 9.64 Å². The van der Waals surface area contributed by atoms with Crippen LogP contribution in [0.3, 0.4) is 0 Å². The van der Waals surface area contributed by atoms with Crippen LogP contribution in [-0.4, -0.2) is 48.1 Å². The third-order valence-electron chi connectivity index (χ3n) is 6.81. The highest BCUT2D eigenvalue weighted by Gasteiger charge is 2.45. The van der Waals surface area contributed by atoms with Gasteiger partial charge in [-0.15, -0.1) is 0 Å². The molecule has 1 amide bonds. The molecule has 3 aromatic rings. The van der Waals surface area contributed by atoms with Crippen LogP contribution in [0.25, 0.3) is 11.1 Å². The highest BCUT2D eigenvalue weighted by molar-refractivity contribution is 5.75. The van der Waals surface area contributed by atoms with Gasteiger partial charge in [0.15, 0.2) is 0 Å². The second-order valence-corrected chi connectivity index (χ2v) is 9.52. The number of carbonyl (C=O) groups excluding carboxylic acids is 1. The topological polar surface area (TPSA) is 54.9 Å². The first kappa shape index (κ1) is 26.6. The summed E-state index contributed by atoms with van der Waals surface area (Å²) in [4.78, 5) is 20.1. The summed E-state index contributed by atoms with van der Waals surface area (Å²) in [6.45, 7) is 0.414. The third-order valence-corrected chi connectivity index (χ3v) is 6.81. The van der Waals surface area contributed by atoms with Crippen molar-refractivity contribution >= 4 is 11.9 Å². The van der Waals surface area contributed by atoms with Crippen molar-refractivity contribution in [3.63, 3.8) is 0 Å². The second kappa shape index (κ2) is 9.65. The molecule has 5 rings (SSSR count). The number of hydrogen-bond acceptors (Lipinski definition) is 5. The highest BCUT2D eigenvalue weighted by Crippen LogP contribution is 2.40. The Kier molecular flexibility index (Phi) is 6.59. The van der Waals surface area contributed by atoms with Gasteiger partial charge in [0.1, 0.15) is 23.5 Å². The summed E-state index contributed by atoms with van der Waals surface area (Å²) in [7, 11) is 1.49. The SMILES string of the molecule is COc1ccccc1-c1ccc(N2CC(F)(F)C2)nc1CN1C(=O)O[C@H](c2cc(F)cc(C(F)(F)F)c2)C1C. The standard InChI is InChI=1S/C27H23F6N3O3/c1-15-24(16-9-17(27(31,32)33)11-18(28)10-16)39-25(37)36(15)12-21-19(20-5-3-4-6-22(20)38-2)7-8-23(34-21)35-13-26(29,30)14-35/h3-11,15,24H,12-14H2,1-2H3/t15?,24-/m0/s1. The van der Waals surface area contributed by atoms with Crippen molar-refractivity contribution in [3.05, 3.63) is 77.2 Å². The summed E-state index contributed by atoms with van der Waals surface area (Å²) < 4.78 is 91.8. The van der Waals surface area contributed by atoms with Crippen molar-refractivity contribution in [3.8, 4) is 16.9 Å². The Morgan fingerprint density at radius 2 is 1.79 bits per heavy atom. The van der Waals surface area contributed by atoms with Crippen LogP contribution in [0.4, 0.5) is 37.0 Å². The van der Waals surface area contributed by atoms with Gasteiger partial charge in [0.05, 0.1) is 44.0 Å². The lowest BCUT2D eigenvalue weighted by molar-refractivity contribution is -0.137. The van der Waals surface area contributed by atoms with Gasteiger partial charge in [-0.25, -0.2) is 22.9 Å². The fourth-order valence-electron chi connectivity index (χ4n) is 4.83. The summed E-state index contributed by atoms with van der Waals surface area (Å²) in [6, 6.07) is 11.6. The first-order valence-corrected chi connectivity index (χ1v) is 12.0. The fourth-order valence-corrected chi connectivity index (χ4v) is 4.83. The third kappa shape index (κ3) is 5.19. The van der Waals surface area contributed by atoms with Crippen molar-refractivity contribution in [2.24, 2.45) is 0 Å². The number of carbonyl (C=O) groups is 1. The normalized spacial score (nSPS) is 20.6. The molecule has 2 aliphatic heterocycles. The fraction of sp³-hybridized carbons (Fsp3) is 0.333. The Hall–Kier alpha value is -3.96. The van der Waals surface area contributed by atoms with Crippen LogP contribution in [0.1, 0.15) is 29.8 Å². The van der Waals surface area contributed by atoms with Gasteiger partial charge in [0.25, 0.3) is 5.92 Å². The van der Waals surface area contributed by atoms with Gasteiger partial charge in [-0.1, -0.05) is 18.2 Å². The summed E-state index contributed by atoms with van der Waals surface area (Å²) in [5.41, 5.74) is 0.210. The van der Waals surface area contributed by atoms with Crippen molar-refractivity contribution in [1.29, 1.82) is 0 Å². The Bertz CT molecular complexity index is 1410. The van der Waals surface area contributed by atoms with Crippen LogP contribution in [0.5, 0.6) is 5.75 Å². The van der Waals surface area contributed by atoms with Gasteiger partial charge in [-0.05, 0) is 48.9 Å². The minimum absolute atomic E-state index is 0.139. The van der Waals surface area contributed by atoms with E-state index in [1.54, 1.807) is 43.3 Å². The van der Waals surface area contributed by atoms with Gasteiger partial charge >= 0.3 is 12.3 Å². The number of methoxy groups -OCH3 is 1. The number of alkyl halides is 5. The van der Waals surface area contributed by atoms with E-state index < -0.39 is 54.8 Å². The zero-order valence-corrected chi connectivity index (χ0v) is 20.8. The zero-order chi connectivity index (χ0) is 28.1. The number of rotatable bonds is 6. The molecule has 0 aliphatic carbocycles. The van der Waals surface area contributed by atoms with Crippen LogP contribution in [0.2, 0.25) is 0 Å². The van der Waals surface area contributed by atoms with Gasteiger partial charge in [0, 0.05) is 11.1 Å². The average molecular weight is 551 g/mol. The quantitative estimate of drug-likeness (QED) is 0.330. The summed E-state index contributed by atoms with van der Waals surface area (Å²) in [6.07, 6.45) is -6.80. The number of pyridine rings is 1. The van der Waals surface area contributed by atoms with Crippen LogP contribution in [-0.2, 0) is 17.5 Å². The molecule has 0 bridgehead atoms. The van der Waals surface area contributed by atoms with E-state index in [2.05, 4.69) is 4.98 Å². The number of ether oxygens (including phenoxy) is 2. The summed E-state index contributed by atoms with van der Waals surface area (Å²) in [5, 5.41) is 0. The lowest BCUT2D eigenvalue weighted by Gasteiger charge is -2.39. The van der Waals surface area contributed by atoms with Crippen LogP contribution in [0, 0.1) is 5.82 Å². The van der Waals surface area contributed by atoms with E-state index in [1.807, 2.05) is 0 Å². The molecule has 206 valence electrons.